The summed E-state index contributed by atoms with van der Waals surface area (Å²) >= 11 is 0. The molecule has 4 N–H and O–H groups in total. The molecule has 5 fully saturated rings. The van der Waals surface area contributed by atoms with Crippen LogP contribution in [0.15, 0.2) is 48.7 Å². The summed E-state index contributed by atoms with van der Waals surface area (Å²) in [5.74, 6) is -0.785. The van der Waals surface area contributed by atoms with E-state index in [0.29, 0.717) is 41.1 Å². The second-order valence-corrected chi connectivity index (χ2v) is 16.7. The minimum atomic E-state index is -0.975. The number of likely N-dealkylation sites (N-methyl/N-ethyl adjacent to an activating group) is 1. The van der Waals surface area contributed by atoms with Crippen molar-refractivity contribution < 1.29 is 28.8 Å². The van der Waals surface area contributed by atoms with Gasteiger partial charge in [0, 0.05) is 76.6 Å². The molecule has 7 heterocycles. The highest BCUT2D eigenvalue weighted by molar-refractivity contribution is 6.23. The molecule has 1 aromatic heterocycles. The third-order valence-corrected chi connectivity index (χ3v) is 12.9. The second-order valence-electron chi connectivity index (χ2n) is 16.7. The number of likely N-dealkylation sites (tertiary alicyclic amines) is 1. The Morgan fingerprint density at radius 2 is 1.63 bits per heavy atom. The SMILES string of the molecule is CN1CCN([C@@H]2CCCN(c3cnc(C(N)=O)c(Nc4ccc(C5CCN(CC6CN(c7ccc8c(c7)C(=O)N(C7CCC(=O)NC7=O)C8=O)C6)CC5)cc4)n3)C2)C1=O. The van der Waals surface area contributed by atoms with Gasteiger partial charge in [-0.2, -0.15) is 0 Å². The summed E-state index contributed by atoms with van der Waals surface area (Å²) in [5.41, 5.74) is 9.30. The van der Waals surface area contributed by atoms with Crippen molar-refractivity contribution >= 4 is 58.6 Å². The van der Waals surface area contributed by atoms with Crippen LogP contribution >= 0.6 is 0 Å². The van der Waals surface area contributed by atoms with Crippen molar-refractivity contribution in [3.05, 3.63) is 71.0 Å². The van der Waals surface area contributed by atoms with Gasteiger partial charge in [-0.25, -0.2) is 14.8 Å². The average Bonchev–Trinajstić information content (AvgIpc) is 3.69. The van der Waals surface area contributed by atoms with Gasteiger partial charge in [-0.1, -0.05) is 12.1 Å². The molecule has 5 saturated heterocycles. The fourth-order valence-corrected chi connectivity index (χ4v) is 9.57. The first kappa shape index (κ1) is 38.4. The van der Waals surface area contributed by atoms with E-state index in [1.807, 2.05) is 30.1 Å². The van der Waals surface area contributed by atoms with Crippen LogP contribution in [0.25, 0.3) is 0 Å². The van der Waals surface area contributed by atoms with Gasteiger partial charge in [0.25, 0.3) is 17.7 Å². The highest BCUT2D eigenvalue weighted by Crippen LogP contribution is 2.35. The van der Waals surface area contributed by atoms with Crippen molar-refractivity contribution in [2.45, 2.75) is 56.5 Å². The average molecular weight is 804 g/mol. The van der Waals surface area contributed by atoms with Crippen LogP contribution in [0.3, 0.4) is 0 Å². The third-order valence-electron chi connectivity index (χ3n) is 12.9. The summed E-state index contributed by atoms with van der Waals surface area (Å²) in [7, 11) is 1.83. The Balaban J connectivity index is 0.760. The van der Waals surface area contributed by atoms with E-state index < -0.39 is 35.6 Å². The predicted molar refractivity (Wildman–Crippen MR) is 217 cm³/mol. The van der Waals surface area contributed by atoms with Crippen LogP contribution in [-0.2, 0) is 9.59 Å². The van der Waals surface area contributed by atoms with Crippen molar-refractivity contribution in [1.29, 1.82) is 0 Å². The number of fused-ring (bicyclic) bond motifs is 1. The normalized spacial score (nSPS) is 23.2. The van der Waals surface area contributed by atoms with E-state index in [0.717, 1.165) is 94.3 Å². The first-order valence-electron chi connectivity index (χ1n) is 20.6. The zero-order chi connectivity index (χ0) is 40.9. The minimum Gasteiger partial charge on any atom is -0.371 e. The van der Waals surface area contributed by atoms with Crippen molar-refractivity contribution in [1.82, 2.24) is 34.9 Å². The number of imide groups is 2. The Hall–Kier alpha value is -6.10. The number of primary amides is 1. The van der Waals surface area contributed by atoms with Gasteiger partial charge < -0.3 is 35.6 Å². The molecule has 0 aliphatic carbocycles. The number of aromatic nitrogens is 2. The molecule has 0 bridgehead atoms. The molecule has 17 nitrogen and oxygen atoms in total. The van der Waals surface area contributed by atoms with E-state index in [9.17, 15) is 28.8 Å². The molecule has 6 aliphatic heterocycles. The maximum Gasteiger partial charge on any atom is 0.320 e. The summed E-state index contributed by atoms with van der Waals surface area (Å²) in [6.07, 6.45) is 5.75. The summed E-state index contributed by atoms with van der Waals surface area (Å²) < 4.78 is 0. The highest BCUT2D eigenvalue weighted by atomic mass is 16.2. The number of rotatable bonds is 10. The minimum absolute atomic E-state index is 0.0592. The molecular weight excluding hydrogens is 755 g/mol. The number of nitrogens with one attached hydrogen (secondary N) is 2. The molecule has 6 aliphatic rings. The molecule has 2 aromatic carbocycles. The fourth-order valence-electron chi connectivity index (χ4n) is 9.57. The van der Waals surface area contributed by atoms with Crippen LogP contribution < -0.4 is 26.2 Å². The Labute approximate surface area is 341 Å². The molecule has 17 heteroatoms. The third kappa shape index (κ3) is 7.43. The number of nitrogens with two attached hydrogens (primary N) is 1. The largest absolute Gasteiger partial charge is 0.371 e. The summed E-state index contributed by atoms with van der Waals surface area (Å²) in [4.78, 5) is 96.2. The van der Waals surface area contributed by atoms with Gasteiger partial charge in [0.15, 0.2) is 11.5 Å². The number of nitrogens with zero attached hydrogens (tertiary/aromatic N) is 8. The molecular formula is C42H49N11O6. The van der Waals surface area contributed by atoms with Crippen molar-refractivity contribution in [2.75, 3.05) is 81.1 Å². The van der Waals surface area contributed by atoms with Gasteiger partial charge in [-0.15, -0.1) is 0 Å². The highest BCUT2D eigenvalue weighted by Gasteiger charge is 2.45. The number of carbonyl (C=O) groups is 6. The maximum absolute atomic E-state index is 13.3. The Kier molecular flexibility index (Phi) is 10.1. The molecule has 0 radical (unpaired) electrons. The molecule has 7 amide bonds. The molecule has 308 valence electrons. The van der Waals surface area contributed by atoms with Gasteiger partial charge in [0.2, 0.25) is 11.8 Å². The molecule has 1 unspecified atom stereocenters. The topological polar surface area (TPSA) is 198 Å². The van der Waals surface area contributed by atoms with Gasteiger partial charge >= 0.3 is 6.03 Å². The Morgan fingerprint density at radius 3 is 2.34 bits per heavy atom. The number of anilines is 4. The van der Waals surface area contributed by atoms with Crippen LogP contribution in [0.5, 0.6) is 0 Å². The Bertz CT molecular complexity index is 2200. The lowest BCUT2D eigenvalue weighted by molar-refractivity contribution is -0.136. The van der Waals surface area contributed by atoms with E-state index in [4.69, 9.17) is 10.7 Å². The van der Waals surface area contributed by atoms with Gasteiger partial charge in [0.05, 0.1) is 23.4 Å². The number of piperidine rings is 3. The zero-order valence-corrected chi connectivity index (χ0v) is 33.1. The number of benzene rings is 2. The quantitative estimate of drug-likeness (QED) is 0.254. The monoisotopic (exact) mass is 803 g/mol. The van der Waals surface area contributed by atoms with E-state index in [1.165, 1.54) is 5.56 Å². The van der Waals surface area contributed by atoms with E-state index >= 15 is 0 Å². The van der Waals surface area contributed by atoms with Crippen LogP contribution in [0.4, 0.5) is 27.8 Å². The first-order chi connectivity index (χ1) is 28.5. The van der Waals surface area contributed by atoms with Crippen LogP contribution in [0.2, 0.25) is 0 Å². The predicted octanol–water partition coefficient (Wildman–Crippen LogP) is 2.37. The van der Waals surface area contributed by atoms with Crippen molar-refractivity contribution in [3.63, 3.8) is 0 Å². The molecule has 9 rings (SSSR count). The van der Waals surface area contributed by atoms with Crippen LogP contribution in [-0.4, -0.2) is 143 Å². The number of amides is 7. The lowest BCUT2D eigenvalue weighted by Crippen LogP contribution is -2.54. The zero-order valence-electron chi connectivity index (χ0n) is 33.1. The molecule has 0 spiro atoms. The van der Waals surface area contributed by atoms with E-state index in [1.54, 1.807) is 23.2 Å². The van der Waals surface area contributed by atoms with Crippen LogP contribution in [0, 0.1) is 5.92 Å². The van der Waals surface area contributed by atoms with Crippen molar-refractivity contribution in [2.24, 2.45) is 11.7 Å². The summed E-state index contributed by atoms with van der Waals surface area (Å²) in [6, 6.07) is 12.7. The van der Waals surface area contributed by atoms with Crippen LogP contribution in [0.1, 0.15) is 81.2 Å². The van der Waals surface area contributed by atoms with E-state index in [-0.39, 0.29) is 30.6 Å². The summed E-state index contributed by atoms with van der Waals surface area (Å²) in [5, 5.41) is 5.53. The number of hydrogen-bond donors (Lipinski definition) is 3. The first-order valence-corrected chi connectivity index (χ1v) is 20.6. The van der Waals surface area contributed by atoms with Gasteiger partial charge in [-0.3, -0.25) is 34.2 Å². The van der Waals surface area contributed by atoms with Crippen molar-refractivity contribution in [3.8, 4) is 0 Å². The van der Waals surface area contributed by atoms with E-state index in [2.05, 4.69) is 42.5 Å². The number of urea groups is 1. The number of hydrogen-bond acceptors (Lipinski definition) is 12. The molecule has 59 heavy (non-hydrogen) atoms. The van der Waals surface area contributed by atoms with Gasteiger partial charge in [-0.05, 0) is 87.0 Å². The second kappa shape index (κ2) is 15.6. The Morgan fingerprint density at radius 1 is 0.864 bits per heavy atom. The standard InChI is InChI=1S/C42H49N11O6/c1-48-17-18-52(42(48)59)30-3-2-14-50(24-30)34-20-44-36(37(43)55)38(46-34)45-28-6-4-26(5-7-28)27-12-15-49(16-13-27)21-25-22-51(23-25)29-8-9-31-32(19-29)41(58)53(40(31)57)33-10-11-35(54)47-39(33)56/h4-9,19-20,25,27,30,33H,2-3,10-18,21-24H2,1H3,(H2,43,55)(H,45,46)(H,47,54,56)/t30-,33?/m1/s1. The maximum atomic E-state index is 13.3. The summed E-state index contributed by atoms with van der Waals surface area (Å²) in [6.45, 7) is 7.57. The fraction of sp³-hybridized carbons (Fsp3) is 0.476. The lowest BCUT2D eigenvalue weighted by Gasteiger charge is -2.44. The molecule has 2 atom stereocenters. The molecule has 0 saturated carbocycles. The molecule has 3 aromatic rings. The lowest BCUT2D eigenvalue weighted by atomic mass is 9.88. The smallest absolute Gasteiger partial charge is 0.320 e. The number of carbonyl (C=O) groups excluding carboxylic acids is 6. The van der Waals surface area contributed by atoms with Gasteiger partial charge in [0.1, 0.15) is 11.9 Å².